The lowest BCUT2D eigenvalue weighted by Crippen LogP contribution is -2.42. The van der Waals surface area contributed by atoms with Gasteiger partial charge in [-0.3, -0.25) is 4.79 Å². The van der Waals surface area contributed by atoms with Gasteiger partial charge in [-0.2, -0.15) is 13.2 Å². The van der Waals surface area contributed by atoms with Crippen molar-refractivity contribution < 1.29 is 27.8 Å². The van der Waals surface area contributed by atoms with Gasteiger partial charge in [0.05, 0.1) is 12.2 Å². The lowest BCUT2D eigenvalue weighted by Gasteiger charge is -2.25. The first kappa shape index (κ1) is 17.2. The van der Waals surface area contributed by atoms with Gasteiger partial charge < -0.3 is 15.2 Å². The van der Waals surface area contributed by atoms with E-state index in [9.17, 15) is 23.1 Å². The Balaban J connectivity index is 3.73. The van der Waals surface area contributed by atoms with E-state index in [0.717, 1.165) is 0 Å². The monoisotopic (exact) mass is 271 g/mol. The molecule has 2 N–H and O–H groups in total. The van der Waals surface area contributed by atoms with Crippen LogP contribution in [0.1, 0.15) is 33.1 Å². The van der Waals surface area contributed by atoms with Gasteiger partial charge in [0, 0.05) is 13.0 Å². The van der Waals surface area contributed by atoms with Crippen molar-refractivity contribution in [3.63, 3.8) is 0 Å². The van der Waals surface area contributed by atoms with E-state index in [4.69, 9.17) is 0 Å². The van der Waals surface area contributed by atoms with E-state index in [1.165, 1.54) is 0 Å². The van der Waals surface area contributed by atoms with E-state index in [0.29, 0.717) is 12.8 Å². The maximum Gasteiger partial charge on any atom is 0.411 e. The molecule has 0 aromatic rings. The number of carbonyl (C=O) groups is 1. The number of rotatable bonds is 8. The molecule has 0 rings (SSSR count). The van der Waals surface area contributed by atoms with Gasteiger partial charge in [0.1, 0.15) is 6.61 Å². The second-order valence-electron chi connectivity index (χ2n) is 4.13. The zero-order chi connectivity index (χ0) is 14.2. The van der Waals surface area contributed by atoms with Crippen LogP contribution in [-0.2, 0) is 9.53 Å². The van der Waals surface area contributed by atoms with Gasteiger partial charge in [-0.15, -0.1) is 0 Å². The van der Waals surface area contributed by atoms with Crippen molar-refractivity contribution in [2.45, 2.75) is 44.9 Å². The van der Waals surface area contributed by atoms with Gasteiger partial charge in [0.25, 0.3) is 0 Å². The molecule has 0 aliphatic rings. The molecule has 0 aliphatic heterocycles. The Labute approximate surface area is 105 Å². The number of amides is 1. The maximum absolute atomic E-state index is 11.7. The average Bonchev–Trinajstić information content (AvgIpc) is 2.30. The summed E-state index contributed by atoms with van der Waals surface area (Å²) in [6, 6.07) is 0. The van der Waals surface area contributed by atoms with E-state index in [-0.39, 0.29) is 19.6 Å². The standard InChI is InChI=1S/C11H20F3NO3/c1-3-10(17,4-2)7-15-9(16)5-6-18-8-11(12,13)14/h17H,3-8H2,1-2H3,(H,15,16). The van der Waals surface area contributed by atoms with Crippen LogP contribution in [0.5, 0.6) is 0 Å². The highest BCUT2D eigenvalue weighted by Gasteiger charge is 2.27. The van der Waals surface area contributed by atoms with Crippen molar-refractivity contribution in [3.05, 3.63) is 0 Å². The molecule has 108 valence electrons. The first-order chi connectivity index (χ1) is 8.22. The molecule has 0 heterocycles. The SMILES string of the molecule is CCC(O)(CC)CNC(=O)CCOCC(F)(F)F. The van der Waals surface area contributed by atoms with Crippen molar-refractivity contribution in [2.75, 3.05) is 19.8 Å². The smallest absolute Gasteiger partial charge is 0.388 e. The highest BCUT2D eigenvalue weighted by molar-refractivity contribution is 5.76. The minimum Gasteiger partial charge on any atom is -0.388 e. The molecule has 0 aliphatic carbocycles. The Kier molecular flexibility index (Phi) is 7.23. The third kappa shape index (κ3) is 8.30. The molecule has 0 saturated carbocycles. The average molecular weight is 271 g/mol. The normalized spacial score (nSPS) is 12.6. The number of ether oxygens (including phenoxy) is 1. The molecule has 0 aromatic carbocycles. The number of carbonyl (C=O) groups excluding carboxylic acids is 1. The van der Waals surface area contributed by atoms with Crippen LogP contribution in [0.3, 0.4) is 0 Å². The second-order valence-corrected chi connectivity index (χ2v) is 4.13. The third-order valence-corrected chi connectivity index (χ3v) is 2.67. The van der Waals surface area contributed by atoms with Gasteiger partial charge in [-0.25, -0.2) is 0 Å². The molecule has 0 aromatic heterocycles. The largest absolute Gasteiger partial charge is 0.411 e. The minimum atomic E-state index is -4.37. The first-order valence-corrected chi connectivity index (χ1v) is 5.86. The maximum atomic E-state index is 11.7. The van der Waals surface area contributed by atoms with Gasteiger partial charge in [-0.05, 0) is 12.8 Å². The second kappa shape index (κ2) is 7.58. The molecular weight excluding hydrogens is 251 g/mol. The number of hydrogen-bond acceptors (Lipinski definition) is 3. The molecule has 0 radical (unpaired) electrons. The molecule has 0 atom stereocenters. The summed E-state index contributed by atoms with van der Waals surface area (Å²) in [4.78, 5) is 11.3. The molecule has 18 heavy (non-hydrogen) atoms. The van der Waals surface area contributed by atoms with Crippen LogP contribution >= 0.6 is 0 Å². The molecule has 0 fully saturated rings. The summed E-state index contributed by atoms with van der Waals surface area (Å²) in [6.07, 6.45) is -3.54. The molecule has 0 spiro atoms. The summed E-state index contributed by atoms with van der Waals surface area (Å²) in [5.41, 5.74) is -0.956. The Morgan fingerprint density at radius 3 is 2.28 bits per heavy atom. The van der Waals surface area contributed by atoms with Crippen LogP contribution in [0.4, 0.5) is 13.2 Å². The molecule has 4 nitrogen and oxygen atoms in total. The van der Waals surface area contributed by atoms with Crippen molar-refractivity contribution in [1.82, 2.24) is 5.32 Å². The van der Waals surface area contributed by atoms with Gasteiger partial charge >= 0.3 is 6.18 Å². The fourth-order valence-electron chi connectivity index (χ4n) is 1.20. The number of hydrogen-bond donors (Lipinski definition) is 2. The van der Waals surface area contributed by atoms with E-state index in [1.54, 1.807) is 13.8 Å². The van der Waals surface area contributed by atoms with Crippen molar-refractivity contribution >= 4 is 5.91 Å². The third-order valence-electron chi connectivity index (χ3n) is 2.67. The van der Waals surface area contributed by atoms with Gasteiger partial charge in [-0.1, -0.05) is 13.8 Å². The van der Waals surface area contributed by atoms with E-state index >= 15 is 0 Å². The van der Waals surface area contributed by atoms with Crippen LogP contribution in [-0.4, -0.2) is 42.5 Å². The molecule has 0 bridgehead atoms. The number of aliphatic hydroxyl groups is 1. The lowest BCUT2D eigenvalue weighted by atomic mass is 9.97. The number of nitrogens with one attached hydrogen (secondary N) is 1. The van der Waals surface area contributed by atoms with Crippen LogP contribution < -0.4 is 5.32 Å². The first-order valence-electron chi connectivity index (χ1n) is 5.86. The van der Waals surface area contributed by atoms with Crippen LogP contribution in [0.15, 0.2) is 0 Å². The zero-order valence-corrected chi connectivity index (χ0v) is 10.6. The van der Waals surface area contributed by atoms with Crippen LogP contribution in [0, 0.1) is 0 Å². The minimum absolute atomic E-state index is 0.0953. The quantitative estimate of drug-likeness (QED) is 0.660. The lowest BCUT2D eigenvalue weighted by molar-refractivity contribution is -0.174. The van der Waals surface area contributed by atoms with Crippen LogP contribution in [0.25, 0.3) is 0 Å². The molecule has 0 unspecified atom stereocenters. The Morgan fingerprint density at radius 1 is 1.28 bits per heavy atom. The van der Waals surface area contributed by atoms with E-state index in [2.05, 4.69) is 10.1 Å². The molecule has 7 heteroatoms. The van der Waals surface area contributed by atoms with Gasteiger partial charge in [0.2, 0.25) is 5.91 Å². The predicted molar refractivity (Wildman–Crippen MR) is 60.0 cm³/mol. The fourth-order valence-corrected chi connectivity index (χ4v) is 1.20. The highest BCUT2D eigenvalue weighted by atomic mass is 19.4. The molecule has 1 amide bonds. The molecule has 0 saturated heterocycles. The summed E-state index contributed by atoms with van der Waals surface area (Å²) in [6.45, 7) is 2.04. The number of alkyl halides is 3. The zero-order valence-electron chi connectivity index (χ0n) is 10.6. The summed E-state index contributed by atoms with van der Waals surface area (Å²) in [5.74, 6) is -0.433. The van der Waals surface area contributed by atoms with Gasteiger partial charge in [0.15, 0.2) is 0 Å². The summed E-state index contributed by atoms with van der Waals surface area (Å²) >= 11 is 0. The summed E-state index contributed by atoms with van der Waals surface area (Å²) < 4.78 is 39.5. The van der Waals surface area contributed by atoms with Crippen LogP contribution in [0.2, 0.25) is 0 Å². The molecular formula is C11H20F3NO3. The van der Waals surface area contributed by atoms with Crippen molar-refractivity contribution in [2.24, 2.45) is 0 Å². The highest BCUT2D eigenvalue weighted by Crippen LogP contribution is 2.14. The topological polar surface area (TPSA) is 58.6 Å². The van der Waals surface area contributed by atoms with E-state index < -0.39 is 24.3 Å². The van der Waals surface area contributed by atoms with E-state index in [1.807, 2.05) is 0 Å². The van der Waals surface area contributed by atoms with Crippen molar-refractivity contribution in [3.8, 4) is 0 Å². The Bertz CT molecular complexity index is 252. The summed E-state index contributed by atoms with van der Waals surface area (Å²) in [5, 5.41) is 12.3. The van der Waals surface area contributed by atoms with Crippen molar-refractivity contribution in [1.29, 1.82) is 0 Å². The Morgan fingerprint density at radius 2 is 1.83 bits per heavy atom. The predicted octanol–water partition coefficient (Wildman–Crippen LogP) is 1.62. The number of halogens is 3. The Hall–Kier alpha value is -0.820. The summed E-state index contributed by atoms with van der Waals surface area (Å²) in [7, 11) is 0. The fraction of sp³-hybridized carbons (Fsp3) is 0.909.